The molecule has 0 saturated heterocycles. The molecule has 39 heavy (non-hydrogen) atoms. The zero-order chi connectivity index (χ0) is 28.2. The largest absolute Gasteiger partial charge is 0.388 e. The van der Waals surface area contributed by atoms with Crippen LogP contribution in [0.2, 0.25) is 0 Å². The Labute approximate surface area is 236 Å². The van der Waals surface area contributed by atoms with Gasteiger partial charge in [0.15, 0.2) is 0 Å². The molecule has 0 bridgehead atoms. The molecule has 0 radical (unpaired) electrons. The lowest BCUT2D eigenvalue weighted by molar-refractivity contribution is -0.116. The third kappa shape index (κ3) is 11.4. The number of allylic oxidation sites excluding steroid dienone is 3. The van der Waals surface area contributed by atoms with Gasteiger partial charge in [-0.15, -0.1) is 0 Å². The van der Waals surface area contributed by atoms with Crippen molar-refractivity contribution in [2.24, 2.45) is 0 Å². The first-order valence-corrected chi connectivity index (χ1v) is 14.3. The van der Waals surface area contributed by atoms with E-state index >= 15 is 0 Å². The van der Waals surface area contributed by atoms with Gasteiger partial charge in [0, 0.05) is 38.9 Å². The van der Waals surface area contributed by atoms with E-state index in [-0.39, 0.29) is 5.78 Å². The summed E-state index contributed by atoms with van der Waals surface area (Å²) in [5.41, 5.74) is 12.2. The van der Waals surface area contributed by atoms with Crippen LogP contribution in [0.25, 0.3) is 6.08 Å². The summed E-state index contributed by atoms with van der Waals surface area (Å²) >= 11 is 0. The van der Waals surface area contributed by atoms with Gasteiger partial charge in [-0.3, -0.25) is 4.79 Å². The number of hydrogen-bond donors (Lipinski definition) is 1. The fraction of sp³-hybridized carbons (Fsp3) is 0.361. The van der Waals surface area contributed by atoms with Crippen molar-refractivity contribution < 1.29 is 4.79 Å². The molecule has 0 aromatic heterocycles. The predicted octanol–water partition coefficient (Wildman–Crippen LogP) is 8.61. The van der Waals surface area contributed by atoms with Gasteiger partial charge in [0.2, 0.25) is 0 Å². The predicted molar refractivity (Wildman–Crippen MR) is 170 cm³/mol. The minimum absolute atomic E-state index is 0.225. The van der Waals surface area contributed by atoms with Crippen LogP contribution in [0, 0.1) is 6.92 Å². The molecular formula is C36H46N2O. The zero-order valence-corrected chi connectivity index (χ0v) is 24.8. The Morgan fingerprint density at radius 1 is 0.872 bits per heavy atom. The molecule has 0 amide bonds. The van der Waals surface area contributed by atoms with E-state index < -0.39 is 0 Å². The average molecular weight is 523 g/mol. The molecule has 1 N–H and O–H groups in total. The summed E-state index contributed by atoms with van der Waals surface area (Å²) in [5.74, 6) is 0.225. The fourth-order valence-electron chi connectivity index (χ4n) is 4.25. The highest BCUT2D eigenvalue weighted by molar-refractivity contribution is 5.78. The molecule has 3 aromatic rings. The summed E-state index contributed by atoms with van der Waals surface area (Å²) in [5, 5.41) is 3.10. The third-order valence-electron chi connectivity index (χ3n) is 6.85. The molecule has 2 aliphatic carbocycles. The van der Waals surface area contributed by atoms with E-state index in [1.807, 2.05) is 7.05 Å². The number of benzene rings is 3. The Balaban J connectivity index is 0.000000163. The maximum Gasteiger partial charge on any atom is 0.134 e. The maximum atomic E-state index is 10.9. The van der Waals surface area contributed by atoms with Gasteiger partial charge in [0.25, 0.3) is 0 Å². The molecule has 0 unspecified atom stereocenters. The first-order valence-electron chi connectivity index (χ1n) is 14.3. The number of carbonyl (C=O) groups is 1. The van der Waals surface area contributed by atoms with Crippen molar-refractivity contribution >= 4 is 23.2 Å². The van der Waals surface area contributed by atoms with Gasteiger partial charge < -0.3 is 10.2 Å². The Morgan fingerprint density at radius 2 is 1.49 bits per heavy atom. The maximum absolute atomic E-state index is 10.9. The smallest absolute Gasteiger partial charge is 0.134 e. The summed E-state index contributed by atoms with van der Waals surface area (Å²) in [7, 11) is 6.11. The highest BCUT2D eigenvalue weighted by Crippen LogP contribution is 2.30. The van der Waals surface area contributed by atoms with Gasteiger partial charge in [0.1, 0.15) is 5.78 Å². The van der Waals surface area contributed by atoms with Crippen molar-refractivity contribution in [1.82, 2.24) is 0 Å². The summed E-state index contributed by atoms with van der Waals surface area (Å²) in [4.78, 5) is 13.1. The van der Waals surface area contributed by atoms with E-state index in [1.165, 1.54) is 59.3 Å². The highest BCUT2D eigenvalue weighted by atomic mass is 16.1. The molecule has 2 fully saturated rings. The van der Waals surface area contributed by atoms with E-state index in [0.717, 1.165) is 18.4 Å². The number of Topliss-reactive ketones (excluding diaryl/α,β-unsaturated/α-hetero) is 1. The second-order valence-electron chi connectivity index (χ2n) is 10.8. The molecule has 5 rings (SSSR count). The van der Waals surface area contributed by atoms with Gasteiger partial charge in [0.05, 0.1) is 0 Å². The highest BCUT2D eigenvalue weighted by Gasteiger charge is 2.10. The SMILES string of the molecule is CC(=O)Cc1ccc(CC=C2CC2)cc1.CCc1cc(C)ccc1N(C)C.CNc1ccc(C=C2CC2)cc1. The molecule has 206 valence electrons. The molecule has 0 atom stereocenters. The topological polar surface area (TPSA) is 32.3 Å². The first kappa shape index (κ1) is 30.0. The number of rotatable bonds is 8. The summed E-state index contributed by atoms with van der Waals surface area (Å²) in [6.45, 7) is 5.96. The molecule has 0 heterocycles. The molecule has 2 aliphatic rings. The van der Waals surface area contributed by atoms with E-state index in [1.54, 1.807) is 18.1 Å². The number of hydrogen-bond acceptors (Lipinski definition) is 3. The van der Waals surface area contributed by atoms with Crippen molar-refractivity contribution in [1.29, 1.82) is 0 Å². The van der Waals surface area contributed by atoms with Crippen molar-refractivity contribution in [3.8, 4) is 0 Å². The molecule has 2 saturated carbocycles. The van der Waals surface area contributed by atoms with Crippen LogP contribution in [0.4, 0.5) is 11.4 Å². The standard InChI is InChI=1S/C14H16O.C11H13N.C11H17N/c1-11(15)10-14-8-6-13(7-9-14)5-4-12-2-3-12;1-12-11-6-4-10(5-7-11)8-9-2-3-9;1-5-10-8-9(2)6-7-11(10)12(3)4/h4,6-9H,2-3,5,10H2,1H3;4-8,12H,2-3H2,1H3;6-8H,5H2,1-4H3. The van der Waals surface area contributed by atoms with Crippen LogP contribution in [0.1, 0.15) is 67.3 Å². The Hall–Kier alpha value is -3.59. The summed E-state index contributed by atoms with van der Waals surface area (Å²) in [6.07, 6.45) is 12.5. The van der Waals surface area contributed by atoms with E-state index in [2.05, 4.69) is 117 Å². The van der Waals surface area contributed by atoms with Crippen molar-refractivity contribution in [2.45, 2.75) is 65.7 Å². The van der Waals surface area contributed by atoms with Crippen LogP contribution in [0.15, 0.2) is 84.0 Å². The zero-order valence-electron chi connectivity index (χ0n) is 24.8. The van der Waals surface area contributed by atoms with Crippen molar-refractivity contribution in [2.75, 3.05) is 31.4 Å². The normalized spacial score (nSPS) is 12.8. The fourth-order valence-corrected chi connectivity index (χ4v) is 4.25. The molecule has 3 nitrogen and oxygen atoms in total. The molecular weight excluding hydrogens is 476 g/mol. The van der Waals surface area contributed by atoms with Crippen molar-refractivity contribution in [3.05, 3.63) is 112 Å². The van der Waals surface area contributed by atoms with Crippen LogP contribution < -0.4 is 10.2 Å². The van der Waals surface area contributed by atoms with E-state index in [4.69, 9.17) is 0 Å². The number of nitrogens with zero attached hydrogens (tertiary/aromatic N) is 1. The third-order valence-corrected chi connectivity index (χ3v) is 6.85. The average Bonchev–Trinajstić information content (AvgIpc) is 3.85. The van der Waals surface area contributed by atoms with E-state index in [9.17, 15) is 4.79 Å². The Bertz CT molecular complexity index is 1250. The molecule has 3 aromatic carbocycles. The van der Waals surface area contributed by atoms with Crippen LogP contribution in [-0.4, -0.2) is 26.9 Å². The van der Waals surface area contributed by atoms with Gasteiger partial charge in [-0.25, -0.2) is 0 Å². The number of ketones is 1. The molecule has 0 aliphatic heterocycles. The van der Waals surface area contributed by atoms with Gasteiger partial charge in [-0.1, -0.05) is 84.3 Å². The van der Waals surface area contributed by atoms with Crippen LogP contribution in [0.5, 0.6) is 0 Å². The second kappa shape index (κ2) is 15.1. The summed E-state index contributed by atoms with van der Waals surface area (Å²) < 4.78 is 0. The Kier molecular flexibility index (Phi) is 11.6. The van der Waals surface area contributed by atoms with Crippen molar-refractivity contribution in [3.63, 3.8) is 0 Å². The molecule has 3 heteroatoms. The number of aryl methyl sites for hydroxylation is 2. The van der Waals surface area contributed by atoms with E-state index in [0.29, 0.717) is 6.42 Å². The van der Waals surface area contributed by atoms with Gasteiger partial charge in [-0.2, -0.15) is 0 Å². The summed E-state index contributed by atoms with van der Waals surface area (Å²) in [6, 6.07) is 23.5. The van der Waals surface area contributed by atoms with Crippen LogP contribution in [-0.2, 0) is 24.1 Å². The number of carbonyl (C=O) groups excluding carboxylic acids is 1. The minimum atomic E-state index is 0.225. The number of nitrogens with one attached hydrogen (secondary N) is 1. The molecule has 0 spiro atoms. The second-order valence-corrected chi connectivity index (χ2v) is 10.8. The first-order chi connectivity index (χ1) is 18.8. The lowest BCUT2D eigenvalue weighted by atomic mass is 10.1. The lowest BCUT2D eigenvalue weighted by Gasteiger charge is -2.17. The Morgan fingerprint density at radius 3 is 2.00 bits per heavy atom. The minimum Gasteiger partial charge on any atom is -0.388 e. The quantitative estimate of drug-likeness (QED) is 0.301. The number of anilines is 2. The monoisotopic (exact) mass is 522 g/mol. The van der Waals surface area contributed by atoms with Crippen LogP contribution in [0.3, 0.4) is 0 Å². The lowest BCUT2D eigenvalue weighted by Crippen LogP contribution is -2.10. The van der Waals surface area contributed by atoms with Crippen LogP contribution >= 0.6 is 0 Å². The van der Waals surface area contributed by atoms with Gasteiger partial charge >= 0.3 is 0 Å². The van der Waals surface area contributed by atoms with Gasteiger partial charge in [-0.05, 0) is 92.8 Å².